The molecule has 1 amide bonds. The molecule has 0 unspecified atom stereocenters. The topological polar surface area (TPSA) is 105 Å². The summed E-state index contributed by atoms with van der Waals surface area (Å²) < 4.78 is 7.15. The lowest BCUT2D eigenvalue weighted by Crippen LogP contribution is -2.57. The Labute approximate surface area is 207 Å². The average Bonchev–Trinajstić information content (AvgIpc) is 3.27. The number of guanidine groups is 1. The molecule has 178 valence electrons. The second-order valence-corrected chi connectivity index (χ2v) is 8.40. The van der Waals surface area contributed by atoms with Crippen molar-refractivity contribution in [2.24, 2.45) is 4.99 Å². The maximum Gasteiger partial charge on any atom is 0.408 e. The number of carbonyl (C=O) groups is 1. The maximum absolute atomic E-state index is 12.3. The van der Waals surface area contributed by atoms with Gasteiger partial charge in [0.05, 0.1) is 11.2 Å². The van der Waals surface area contributed by atoms with Crippen molar-refractivity contribution in [1.29, 1.82) is 0 Å². The molecule has 0 aliphatic rings. The Kier molecular flexibility index (Phi) is 10.9. The van der Waals surface area contributed by atoms with Crippen LogP contribution in [0.1, 0.15) is 53.0 Å². The number of aliphatic imine (C=N–C) groups is 1. The van der Waals surface area contributed by atoms with Crippen LogP contribution in [-0.2, 0) is 11.3 Å². The lowest BCUT2D eigenvalue weighted by atomic mass is 9.93. The van der Waals surface area contributed by atoms with Crippen LogP contribution in [0.2, 0.25) is 0 Å². The molecule has 2 rings (SSSR count). The molecular weight excluding hydrogens is 521 g/mol. The third kappa shape index (κ3) is 8.64. The SMILES string of the molecule is CCC(CC)(CNC(=NC)NCc1ccc(-n2cncn2)cc1)NC(=O)OC(C)(C)C.I. The Morgan fingerprint density at radius 1 is 1.12 bits per heavy atom. The van der Waals surface area contributed by atoms with E-state index < -0.39 is 17.2 Å². The summed E-state index contributed by atoms with van der Waals surface area (Å²) in [4.78, 5) is 20.6. The van der Waals surface area contributed by atoms with E-state index in [9.17, 15) is 4.79 Å². The summed E-state index contributed by atoms with van der Waals surface area (Å²) in [6.45, 7) is 10.8. The first kappa shape index (κ1) is 27.7. The fraction of sp³-hybridized carbons (Fsp3) is 0.545. The number of hydrogen-bond acceptors (Lipinski definition) is 5. The van der Waals surface area contributed by atoms with E-state index in [0.717, 1.165) is 24.1 Å². The lowest BCUT2D eigenvalue weighted by Gasteiger charge is -2.34. The molecule has 0 saturated heterocycles. The summed E-state index contributed by atoms with van der Waals surface area (Å²) in [5, 5.41) is 13.8. The van der Waals surface area contributed by atoms with Crippen molar-refractivity contribution in [3.05, 3.63) is 42.5 Å². The standard InChI is InChI=1S/C22H35N7O2.HI/c1-7-22(8-2,28-20(30)31-21(3,4)5)14-26-19(23-6)25-13-17-9-11-18(12-10-17)29-16-24-15-27-29;/h9-12,15-16H,7-8,13-14H2,1-6H3,(H,28,30)(H2,23,25,26);1H. The van der Waals surface area contributed by atoms with E-state index in [1.165, 1.54) is 6.33 Å². The van der Waals surface area contributed by atoms with Crippen LogP contribution in [0.5, 0.6) is 0 Å². The first-order chi connectivity index (χ1) is 14.7. The summed E-state index contributed by atoms with van der Waals surface area (Å²) in [6, 6.07) is 8.05. The van der Waals surface area contributed by atoms with Crippen LogP contribution in [0.15, 0.2) is 41.9 Å². The van der Waals surface area contributed by atoms with Crippen molar-refractivity contribution in [2.45, 2.75) is 65.1 Å². The van der Waals surface area contributed by atoms with Gasteiger partial charge in [0.25, 0.3) is 0 Å². The Balaban J connectivity index is 0.00000512. The van der Waals surface area contributed by atoms with Gasteiger partial charge < -0.3 is 20.7 Å². The average molecular weight is 557 g/mol. The van der Waals surface area contributed by atoms with Crippen molar-refractivity contribution in [3.63, 3.8) is 0 Å². The molecule has 0 fully saturated rings. The summed E-state index contributed by atoms with van der Waals surface area (Å²) in [7, 11) is 1.73. The van der Waals surface area contributed by atoms with Gasteiger partial charge in [0, 0.05) is 20.1 Å². The predicted molar refractivity (Wildman–Crippen MR) is 138 cm³/mol. The molecule has 0 saturated carbocycles. The third-order valence-corrected chi connectivity index (χ3v) is 5.02. The van der Waals surface area contributed by atoms with E-state index in [1.54, 1.807) is 18.1 Å². The quantitative estimate of drug-likeness (QED) is 0.260. The summed E-state index contributed by atoms with van der Waals surface area (Å²) >= 11 is 0. The number of nitrogens with zero attached hydrogens (tertiary/aromatic N) is 4. The maximum atomic E-state index is 12.3. The number of carbonyl (C=O) groups excluding carboxylic acids is 1. The van der Waals surface area contributed by atoms with Crippen LogP contribution in [-0.4, -0.2) is 51.5 Å². The van der Waals surface area contributed by atoms with E-state index in [-0.39, 0.29) is 24.0 Å². The number of aromatic nitrogens is 3. The summed E-state index contributed by atoms with van der Waals surface area (Å²) in [5.74, 6) is 0.664. The Morgan fingerprint density at radius 2 is 1.78 bits per heavy atom. The van der Waals surface area contributed by atoms with E-state index in [0.29, 0.717) is 19.0 Å². The molecule has 2 aromatic rings. The predicted octanol–water partition coefficient (Wildman–Crippen LogP) is 3.63. The van der Waals surface area contributed by atoms with Crippen LogP contribution in [0.4, 0.5) is 4.79 Å². The molecule has 3 N–H and O–H groups in total. The molecule has 0 bridgehead atoms. The molecule has 0 spiro atoms. The van der Waals surface area contributed by atoms with Crippen molar-refractivity contribution < 1.29 is 9.53 Å². The Hall–Kier alpha value is -2.37. The van der Waals surface area contributed by atoms with Gasteiger partial charge in [0.15, 0.2) is 5.96 Å². The van der Waals surface area contributed by atoms with Crippen molar-refractivity contribution in [2.75, 3.05) is 13.6 Å². The van der Waals surface area contributed by atoms with Gasteiger partial charge in [-0.2, -0.15) is 5.10 Å². The van der Waals surface area contributed by atoms with Crippen molar-refractivity contribution in [1.82, 2.24) is 30.7 Å². The number of benzene rings is 1. The normalized spacial score (nSPS) is 12.0. The Bertz CT molecular complexity index is 842. The van der Waals surface area contributed by atoms with Gasteiger partial charge in [0.2, 0.25) is 0 Å². The highest BCUT2D eigenvalue weighted by atomic mass is 127. The van der Waals surface area contributed by atoms with Gasteiger partial charge in [-0.3, -0.25) is 4.99 Å². The number of amides is 1. The van der Waals surface area contributed by atoms with Crippen LogP contribution in [0.25, 0.3) is 5.69 Å². The monoisotopic (exact) mass is 557 g/mol. The van der Waals surface area contributed by atoms with Crippen LogP contribution < -0.4 is 16.0 Å². The molecule has 32 heavy (non-hydrogen) atoms. The molecule has 1 heterocycles. The van der Waals surface area contributed by atoms with Crippen LogP contribution >= 0.6 is 24.0 Å². The second-order valence-electron chi connectivity index (χ2n) is 8.40. The number of halogens is 1. The number of alkyl carbamates (subject to hydrolysis) is 1. The number of rotatable bonds is 8. The number of ether oxygens (including phenoxy) is 1. The minimum absolute atomic E-state index is 0. The molecular formula is C22H36IN7O2. The zero-order valence-corrected chi connectivity index (χ0v) is 22.1. The number of nitrogens with one attached hydrogen (secondary N) is 3. The van der Waals surface area contributed by atoms with Gasteiger partial charge in [-0.05, 0) is 51.3 Å². The molecule has 0 aliphatic carbocycles. The molecule has 9 nitrogen and oxygen atoms in total. The second kappa shape index (κ2) is 12.6. The molecule has 0 radical (unpaired) electrons. The first-order valence-electron chi connectivity index (χ1n) is 10.6. The fourth-order valence-electron chi connectivity index (χ4n) is 3.01. The van der Waals surface area contributed by atoms with Crippen molar-refractivity contribution in [3.8, 4) is 5.69 Å². The largest absolute Gasteiger partial charge is 0.444 e. The zero-order chi connectivity index (χ0) is 22.9. The molecule has 0 aliphatic heterocycles. The fourth-order valence-corrected chi connectivity index (χ4v) is 3.01. The minimum Gasteiger partial charge on any atom is -0.444 e. The van der Waals surface area contributed by atoms with Crippen LogP contribution in [0, 0.1) is 0 Å². The zero-order valence-electron chi connectivity index (χ0n) is 19.8. The third-order valence-electron chi connectivity index (χ3n) is 5.02. The smallest absolute Gasteiger partial charge is 0.408 e. The van der Waals surface area contributed by atoms with Gasteiger partial charge in [-0.25, -0.2) is 14.5 Å². The van der Waals surface area contributed by atoms with Gasteiger partial charge in [0.1, 0.15) is 18.3 Å². The molecule has 1 aromatic carbocycles. The Morgan fingerprint density at radius 3 is 2.28 bits per heavy atom. The van der Waals surface area contributed by atoms with E-state index in [1.807, 2.05) is 45.0 Å². The van der Waals surface area contributed by atoms with Crippen molar-refractivity contribution >= 4 is 36.0 Å². The van der Waals surface area contributed by atoms with E-state index in [2.05, 4.69) is 44.9 Å². The molecule has 10 heteroatoms. The molecule has 1 aromatic heterocycles. The highest BCUT2D eigenvalue weighted by molar-refractivity contribution is 14.0. The van der Waals surface area contributed by atoms with Gasteiger partial charge >= 0.3 is 6.09 Å². The summed E-state index contributed by atoms with van der Waals surface area (Å²) in [5.41, 5.74) is 1.09. The lowest BCUT2D eigenvalue weighted by molar-refractivity contribution is 0.0448. The first-order valence-corrected chi connectivity index (χ1v) is 10.6. The molecule has 0 atom stereocenters. The highest BCUT2D eigenvalue weighted by Gasteiger charge is 2.30. The highest BCUT2D eigenvalue weighted by Crippen LogP contribution is 2.16. The van der Waals surface area contributed by atoms with Gasteiger partial charge in [-0.1, -0.05) is 26.0 Å². The number of hydrogen-bond donors (Lipinski definition) is 3. The van der Waals surface area contributed by atoms with Crippen LogP contribution in [0.3, 0.4) is 0 Å². The van der Waals surface area contributed by atoms with Gasteiger partial charge in [-0.15, -0.1) is 24.0 Å². The minimum atomic E-state index is -0.536. The summed E-state index contributed by atoms with van der Waals surface area (Å²) in [6.07, 6.45) is 4.29. The van der Waals surface area contributed by atoms with E-state index in [4.69, 9.17) is 4.74 Å². The van der Waals surface area contributed by atoms with E-state index >= 15 is 0 Å².